The molecule has 2 heterocycles. The van der Waals surface area contributed by atoms with Gasteiger partial charge in [0.2, 0.25) is 0 Å². The first kappa shape index (κ1) is 11.6. The van der Waals surface area contributed by atoms with Crippen LogP contribution in [-0.2, 0) is 10.1 Å². The van der Waals surface area contributed by atoms with Crippen molar-refractivity contribution in [3.63, 3.8) is 0 Å². The summed E-state index contributed by atoms with van der Waals surface area (Å²) in [6, 6.07) is 3.52. The summed E-state index contributed by atoms with van der Waals surface area (Å²) in [5, 5.41) is 0.568. The molecule has 0 unspecified atom stereocenters. The maximum Gasteiger partial charge on any atom is 0.265 e. The van der Waals surface area contributed by atoms with Gasteiger partial charge in [-0.1, -0.05) is 11.6 Å². The van der Waals surface area contributed by atoms with Gasteiger partial charge >= 0.3 is 0 Å². The molecule has 0 aromatic carbocycles. The maximum absolute atomic E-state index is 10.6. The summed E-state index contributed by atoms with van der Waals surface area (Å²) in [4.78, 5) is 6.05. The second kappa shape index (κ2) is 4.20. The predicted octanol–water partition coefficient (Wildman–Crippen LogP) is 1.06. The summed E-state index contributed by atoms with van der Waals surface area (Å²) in [6.07, 6.45) is 1.55. The molecule has 1 aliphatic heterocycles. The molecule has 1 aromatic rings. The van der Waals surface area contributed by atoms with E-state index >= 15 is 0 Å². The summed E-state index contributed by atoms with van der Waals surface area (Å²) >= 11 is 5.70. The van der Waals surface area contributed by atoms with Crippen LogP contribution in [0.2, 0.25) is 5.02 Å². The molecule has 7 heteroatoms. The number of anilines is 1. The molecule has 1 N–H and O–H groups in total. The van der Waals surface area contributed by atoms with Gasteiger partial charge in [0, 0.05) is 25.2 Å². The lowest BCUT2D eigenvalue weighted by atomic mass is 10.0. The Morgan fingerprint density at radius 2 is 2.19 bits per heavy atom. The quantitative estimate of drug-likeness (QED) is 0.825. The largest absolute Gasteiger partial charge is 0.356 e. The molecule has 88 valence electrons. The highest BCUT2D eigenvalue weighted by Crippen LogP contribution is 2.24. The smallest absolute Gasteiger partial charge is 0.265 e. The zero-order valence-corrected chi connectivity index (χ0v) is 9.95. The summed E-state index contributed by atoms with van der Waals surface area (Å²) in [5.74, 6) is 0.570. The second-order valence-electron chi connectivity index (χ2n) is 3.85. The van der Waals surface area contributed by atoms with E-state index in [1.54, 1.807) is 18.3 Å². The van der Waals surface area contributed by atoms with Crippen molar-refractivity contribution in [2.75, 3.05) is 23.7 Å². The minimum Gasteiger partial charge on any atom is -0.356 e. The molecule has 0 amide bonds. The fourth-order valence-electron chi connectivity index (χ4n) is 1.72. The van der Waals surface area contributed by atoms with Gasteiger partial charge < -0.3 is 4.90 Å². The van der Waals surface area contributed by atoms with Crippen molar-refractivity contribution in [3.8, 4) is 0 Å². The van der Waals surface area contributed by atoms with E-state index in [0.717, 1.165) is 5.82 Å². The van der Waals surface area contributed by atoms with Gasteiger partial charge in [0.1, 0.15) is 5.82 Å². The van der Waals surface area contributed by atoms with E-state index in [1.165, 1.54) is 0 Å². The molecule has 1 aromatic heterocycles. The van der Waals surface area contributed by atoms with Gasteiger partial charge in [-0.3, -0.25) is 4.55 Å². The number of aromatic nitrogens is 1. The molecule has 1 fully saturated rings. The van der Waals surface area contributed by atoms with E-state index in [1.807, 2.05) is 4.90 Å². The molecule has 1 saturated heterocycles. The van der Waals surface area contributed by atoms with Crippen LogP contribution in [-0.4, -0.2) is 36.8 Å². The minimum absolute atomic E-state index is 0.0209. The SMILES string of the molecule is O=S(=O)(O)CC1CN(c2ccc(Cl)cn2)C1. The van der Waals surface area contributed by atoms with Crippen molar-refractivity contribution < 1.29 is 13.0 Å². The first-order valence-electron chi connectivity index (χ1n) is 4.76. The highest BCUT2D eigenvalue weighted by Gasteiger charge is 2.30. The monoisotopic (exact) mass is 262 g/mol. The van der Waals surface area contributed by atoms with Gasteiger partial charge in [0.05, 0.1) is 10.8 Å². The molecule has 5 nitrogen and oxygen atoms in total. The fraction of sp³-hybridized carbons (Fsp3) is 0.444. The van der Waals surface area contributed by atoms with Crippen LogP contribution in [0, 0.1) is 5.92 Å². The van der Waals surface area contributed by atoms with Crippen LogP contribution >= 0.6 is 11.6 Å². The fourth-order valence-corrected chi connectivity index (χ4v) is 2.63. The van der Waals surface area contributed by atoms with Crippen molar-refractivity contribution in [1.29, 1.82) is 0 Å². The first-order chi connectivity index (χ1) is 7.44. The molecule has 16 heavy (non-hydrogen) atoms. The van der Waals surface area contributed by atoms with Crippen molar-refractivity contribution in [1.82, 2.24) is 4.98 Å². The number of nitrogens with zero attached hydrogens (tertiary/aromatic N) is 2. The Balaban J connectivity index is 1.91. The lowest BCUT2D eigenvalue weighted by molar-refractivity contribution is 0.415. The van der Waals surface area contributed by atoms with E-state index in [-0.39, 0.29) is 11.7 Å². The molecule has 0 spiro atoms. The van der Waals surface area contributed by atoms with Crippen LogP contribution < -0.4 is 4.90 Å². The van der Waals surface area contributed by atoms with Gasteiger partial charge in [-0.05, 0) is 12.1 Å². The molecule has 0 bridgehead atoms. The Morgan fingerprint density at radius 1 is 1.50 bits per heavy atom. The van der Waals surface area contributed by atoms with Gasteiger partial charge in [-0.15, -0.1) is 0 Å². The topological polar surface area (TPSA) is 70.5 Å². The number of hydrogen-bond acceptors (Lipinski definition) is 4. The lowest BCUT2D eigenvalue weighted by Gasteiger charge is -2.39. The van der Waals surface area contributed by atoms with Crippen LogP contribution in [0.5, 0.6) is 0 Å². The average Bonchev–Trinajstić information content (AvgIpc) is 2.11. The molecular weight excluding hydrogens is 252 g/mol. The van der Waals surface area contributed by atoms with Gasteiger partial charge in [-0.2, -0.15) is 8.42 Å². The third-order valence-electron chi connectivity index (χ3n) is 2.44. The molecule has 2 rings (SSSR count). The average molecular weight is 263 g/mol. The van der Waals surface area contributed by atoms with Crippen molar-refractivity contribution in [3.05, 3.63) is 23.4 Å². The number of rotatable bonds is 3. The van der Waals surface area contributed by atoms with E-state index in [9.17, 15) is 8.42 Å². The van der Waals surface area contributed by atoms with Gasteiger partial charge in [0.25, 0.3) is 10.1 Å². The minimum atomic E-state index is -3.86. The van der Waals surface area contributed by atoms with Gasteiger partial charge in [-0.25, -0.2) is 4.98 Å². The zero-order valence-electron chi connectivity index (χ0n) is 8.38. The van der Waals surface area contributed by atoms with Crippen LogP contribution in [0.3, 0.4) is 0 Å². The summed E-state index contributed by atoms with van der Waals surface area (Å²) in [6.45, 7) is 1.18. The highest BCUT2D eigenvalue weighted by atomic mass is 35.5. The number of halogens is 1. The van der Waals surface area contributed by atoms with Crippen LogP contribution in [0.15, 0.2) is 18.3 Å². The maximum atomic E-state index is 10.6. The Labute approximate surface area is 98.8 Å². The van der Waals surface area contributed by atoms with Crippen LogP contribution in [0.4, 0.5) is 5.82 Å². The van der Waals surface area contributed by atoms with E-state index in [4.69, 9.17) is 16.2 Å². The molecule has 0 atom stereocenters. The summed E-state index contributed by atoms with van der Waals surface area (Å²) in [7, 11) is -3.86. The molecule has 1 aliphatic rings. The highest BCUT2D eigenvalue weighted by molar-refractivity contribution is 7.85. The Morgan fingerprint density at radius 3 is 2.69 bits per heavy atom. The third-order valence-corrected chi connectivity index (χ3v) is 3.56. The molecule has 0 aliphatic carbocycles. The zero-order chi connectivity index (χ0) is 11.8. The first-order valence-corrected chi connectivity index (χ1v) is 6.74. The standard InChI is InChI=1S/C9H11ClN2O3S/c10-8-1-2-9(11-3-8)12-4-7(5-12)6-16(13,14)15/h1-3,7H,4-6H2,(H,13,14,15). The summed E-state index contributed by atoms with van der Waals surface area (Å²) in [5.41, 5.74) is 0. The molecule has 0 radical (unpaired) electrons. The lowest BCUT2D eigenvalue weighted by Crippen LogP contribution is -2.49. The van der Waals surface area contributed by atoms with Crippen LogP contribution in [0.1, 0.15) is 0 Å². The second-order valence-corrected chi connectivity index (χ2v) is 5.79. The van der Waals surface area contributed by atoms with E-state index < -0.39 is 10.1 Å². The predicted molar refractivity (Wildman–Crippen MR) is 61.4 cm³/mol. The van der Waals surface area contributed by atoms with Crippen LogP contribution in [0.25, 0.3) is 0 Å². The van der Waals surface area contributed by atoms with Gasteiger partial charge in [0.15, 0.2) is 0 Å². The number of pyridine rings is 1. The van der Waals surface area contributed by atoms with Crippen molar-refractivity contribution in [2.45, 2.75) is 0 Å². The van der Waals surface area contributed by atoms with Crippen molar-refractivity contribution >= 4 is 27.5 Å². The molecular formula is C9H11ClN2O3S. The molecule has 0 saturated carbocycles. The Hall–Kier alpha value is -0.850. The number of hydrogen-bond donors (Lipinski definition) is 1. The third kappa shape index (κ3) is 2.84. The van der Waals surface area contributed by atoms with E-state index in [0.29, 0.717) is 18.1 Å². The Kier molecular flexibility index (Phi) is 3.05. The van der Waals surface area contributed by atoms with Crippen molar-refractivity contribution in [2.24, 2.45) is 5.92 Å². The Bertz CT molecular complexity index is 468. The normalized spacial score (nSPS) is 17.2. The summed E-state index contributed by atoms with van der Waals surface area (Å²) < 4.78 is 29.9. The van der Waals surface area contributed by atoms with E-state index in [2.05, 4.69) is 4.98 Å².